The van der Waals surface area contributed by atoms with Crippen LogP contribution in [-0.2, 0) is 11.3 Å². The van der Waals surface area contributed by atoms with Gasteiger partial charge < -0.3 is 10.1 Å². The van der Waals surface area contributed by atoms with E-state index in [2.05, 4.69) is 26.3 Å². The fraction of sp³-hybridized carbons (Fsp3) is 0.389. The Morgan fingerprint density at radius 3 is 3.04 bits per heavy atom. The van der Waals surface area contributed by atoms with Gasteiger partial charge in [0, 0.05) is 13.2 Å². The topological polar surface area (TPSA) is 64.9 Å². The monoisotopic (exact) mass is 341 g/mol. The molecular formula is C18H20FN5O. The first-order valence-electron chi connectivity index (χ1n) is 8.52. The van der Waals surface area contributed by atoms with Gasteiger partial charge in [0.2, 0.25) is 0 Å². The van der Waals surface area contributed by atoms with Crippen molar-refractivity contribution in [3.63, 3.8) is 0 Å². The van der Waals surface area contributed by atoms with E-state index >= 15 is 0 Å². The van der Waals surface area contributed by atoms with Gasteiger partial charge in [-0.2, -0.15) is 14.4 Å². The molecule has 3 aromatic rings. The number of benzene rings is 1. The number of aromatic nitrogens is 4. The Labute approximate surface area is 145 Å². The lowest BCUT2D eigenvalue weighted by molar-refractivity contribution is -0.0298. The fourth-order valence-corrected chi connectivity index (χ4v) is 3.17. The minimum atomic E-state index is -0.767. The molecule has 2 aromatic heterocycles. The van der Waals surface area contributed by atoms with Gasteiger partial charge in [-0.3, -0.25) is 4.57 Å². The second-order valence-corrected chi connectivity index (χ2v) is 6.33. The number of fused-ring (bicyclic) bond motifs is 1. The predicted molar refractivity (Wildman–Crippen MR) is 92.6 cm³/mol. The number of ether oxygens (including phenoxy) is 1. The molecule has 0 bridgehead atoms. The maximum absolute atomic E-state index is 14.0. The van der Waals surface area contributed by atoms with E-state index in [0.717, 1.165) is 24.8 Å². The van der Waals surface area contributed by atoms with Gasteiger partial charge in [0.05, 0.1) is 6.33 Å². The van der Waals surface area contributed by atoms with Gasteiger partial charge in [-0.25, -0.2) is 4.98 Å². The van der Waals surface area contributed by atoms with Gasteiger partial charge in [-0.15, -0.1) is 0 Å². The van der Waals surface area contributed by atoms with Crippen LogP contribution < -0.4 is 5.32 Å². The number of halogens is 1. The molecule has 0 amide bonds. The molecule has 0 aliphatic carbocycles. The van der Waals surface area contributed by atoms with Crippen molar-refractivity contribution in [2.24, 2.45) is 0 Å². The van der Waals surface area contributed by atoms with Crippen LogP contribution in [0, 0.1) is 13.0 Å². The Balaban J connectivity index is 1.63. The number of hydrogen-bond donors (Lipinski definition) is 1. The molecule has 1 unspecified atom stereocenters. The normalized spacial score (nSPS) is 17.8. The van der Waals surface area contributed by atoms with E-state index in [-0.39, 0.29) is 6.23 Å². The Morgan fingerprint density at radius 2 is 2.24 bits per heavy atom. The van der Waals surface area contributed by atoms with Crippen LogP contribution in [0.2, 0.25) is 0 Å². The van der Waals surface area contributed by atoms with Gasteiger partial charge in [0.1, 0.15) is 6.23 Å². The molecular weight excluding hydrogens is 321 g/mol. The maximum Gasteiger partial charge on any atom is 0.312 e. The molecule has 1 atom stereocenters. The Morgan fingerprint density at radius 1 is 1.32 bits per heavy atom. The van der Waals surface area contributed by atoms with Crippen LogP contribution in [0.15, 0.2) is 30.6 Å². The first-order valence-corrected chi connectivity index (χ1v) is 8.52. The van der Waals surface area contributed by atoms with Crippen molar-refractivity contribution >= 4 is 17.0 Å². The fourth-order valence-electron chi connectivity index (χ4n) is 3.17. The summed E-state index contributed by atoms with van der Waals surface area (Å²) in [5.74, 6) is 0.401. The van der Waals surface area contributed by atoms with Crippen LogP contribution in [0.25, 0.3) is 11.2 Å². The lowest BCUT2D eigenvalue weighted by Crippen LogP contribution is -2.18. The first kappa shape index (κ1) is 16.0. The van der Waals surface area contributed by atoms with Crippen LogP contribution in [0.1, 0.15) is 36.6 Å². The SMILES string of the molecule is Cc1cccc(CNc2nc(F)nc3c2ncn3C2CCCCO2)c1. The van der Waals surface area contributed by atoms with Crippen LogP contribution >= 0.6 is 0 Å². The van der Waals surface area contributed by atoms with Crippen LogP contribution in [0.5, 0.6) is 0 Å². The van der Waals surface area contributed by atoms with E-state index in [1.807, 2.05) is 25.1 Å². The number of rotatable bonds is 4. The molecule has 6 nitrogen and oxygen atoms in total. The van der Waals surface area contributed by atoms with Gasteiger partial charge in [0.15, 0.2) is 17.0 Å². The lowest BCUT2D eigenvalue weighted by Gasteiger charge is -2.23. The van der Waals surface area contributed by atoms with Crippen LogP contribution in [0.4, 0.5) is 10.2 Å². The molecule has 0 saturated carbocycles. The minimum Gasteiger partial charge on any atom is -0.364 e. The number of nitrogens with one attached hydrogen (secondary N) is 1. The average Bonchev–Trinajstić information content (AvgIpc) is 3.04. The van der Waals surface area contributed by atoms with Crippen LogP contribution in [-0.4, -0.2) is 26.1 Å². The van der Waals surface area contributed by atoms with E-state index < -0.39 is 6.08 Å². The standard InChI is InChI=1S/C18H20FN5O/c1-12-5-4-6-13(9-12)10-20-16-15-17(23-18(19)22-16)24(11-21-15)14-7-2-3-8-25-14/h4-6,9,11,14H,2-3,7-8,10H2,1H3,(H,20,22,23). The number of anilines is 1. The molecule has 1 fully saturated rings. The third-order valence-electron chi connectivity index (χ3n) is 4.40. The molecule has 7 heteroatoms. The van der Waals surface area contributed by atoms with Crippen molar-refractivity contribution in [2.75, 3.05) is 11.9 Å². The summed E-state index contributed by atoms with van der Waals surface area (Å²) in [5.41, 5.74) is 3.30. The molecule has 4 rings (SSSR count). The second-order valence-electron chi connectivity index (χ2n) is 6.33. The first-order chi connectivity index (χ1) is 12.2. The van der Waals surface area contributed by atoms with Gasteiger partial charge in [-0.05, 0) is 31.7 Å². The van der Waals surface area contributed by atoms with Crippen LogP contribution in [0.3, 0.4) is 0 Å². The van der Waals surface area contributed by atoms with Crippen molar-refractivity contribution in [1.29, 1.82) is 0 Å². The van der Waals surface area contributed by atoms with E-state index in [1.54, 1.807) is 10.9 Å². The molecule has 1 saturated heterocycles. The summed E-state index contributed by atoms with van der Waals surface area (Å²) in [4.78, 5) is 12.2. The highest BCUT2D eigenvalue weighted by Gasteiger charge is 2.21. The summed E-state index contributed by atoms with van der Waals surface area (Å²) in [6, 6.07) is 8.13. The lowest BCUT2D eigenvalue weighted by atomic mass is 10.1. The third kappa shape index (κ3) is 3.32. The van der Waals surface area contributed by atoms with Crippen molar-refractivity contribution in [2.45, 2.75) is 39.0 Å². The van der Waals surface area contributed by atoms with Crippen molar-refractivity contribution in [3.8, 4) is 0 Å². The van der Waals surface area contributed by atoms with E-state index in [0.29, 0.717) is 30.1 Å². The number of nitrogens with zero attached hydrogens (tertiary/aromatic N) is 4. The summed E-state index contributed by atoms with van der Waals surface area (Å²) < 4.78 is 21.5. The largest absolute Gasteiger partial charge is 0.364 e. The van der Waals surface area contributed by atoms with E-state index in [1.165, 1.54) is 5.56 Å². The van der Waals surface area contributed by atoms with Gasteiger partial charge >= 0.3 is 6.08 Å². The summed E-state index contributed by atoms with van der Waals surface area (Å²) in [5, 5.41) is 3.18. The van der Waals surface area contributed by atoms with Crippen molar-refractivity contribution in [1.82, 2.24) is 19.5 Å². The number of aryl methyl sites for hydroxylation is 1. The zero-order valence-corrected chi connectivity index (χ0v) is 14.1. The average molecular weight is 341 g/mol. The zero-order chi connectivity index (χ0) is 17.2. The summed E-state index contributed by atoms with van der Waals surface area (Å²) in [7, 11) is 0. The molecule has 3 heterocycles. The van der Waals surface area contributed by atoms with Gasteiger partial charge in [0.25, 0.3) is 0 Å². The smallest absolute Gasteiger partial charge is 0.312 e. The highest BCUT2D eigenvalue weighted by Crippen LogP contribution is 2.27. The quantitative estimate of drug-likeness (QED) is 0.735. The molecule has 1 N–H and O–H groups in total. The second kappa shape index (κ2) is 6.76. The molecule has 25 heavy (non-hydrogen) atoms. The third-order valence-corrected chi connectivity index (χ3v) is 4.40. The molecule has 0 spiro atoms. The number of imidazole rings is 1. The Bertz CT molecular complexity index is 888. The number of hydrogen-bond acceptors (Lipinski definition) is 5. The van der Waals surface area contributed by atoms with Crippen molar-refractivity contribution in [3.05, 3.63) is 47.8 Å². The minimum absolute atomic E-state index is 0.141. The molecule has 0 radical (unpaired) electrons. The summed E-state index contributed by atoms with van der Waals surface area (Å²) in [6.07, 6.45) is 3.76. The Hall–Kier alpha value is -2.54. The summed E-state index contributed by atoms with van der Waals surface area (Å²) in [6.45, 7) is 3.29. The highest BCUT2D eigenvalue weighted by molar-refractivity contribution is 5.82. The molecule has 1 aliphatic rings. The predicted octanol–water partition coefficient (Wildman–Crippen LogP) is 3.59. The van der Waals surface area contributed by atoms with E-state index in [4.69, 9.17) is 4.74 Å². The molecule has 1 aromatic carbocycles. The highest BCUT2D eigenvalue weighted by atomic mass is 19.1. The van der Waals surface area contributed by atoms with E-state index in [9.17, 15) is 4.39 Å². The zero-order valence-electron chi connectivity index (χ0n) is 14.1. The Kier molecular flexibility index (Phi) is 4.31. The molecule has 130 valence electrons. The maximum atomic E-state index is 14.0. The molecule has 1 aliphatic heterocycles. The van der Waals surface area contributed by atoms with Gasteiger partial charge in [-0.1, -0.05) is 29.8 Å². The van der Waals surface area contributed by atoms with Crippen molar-refractivity contribution < 1.29 is 9.13 Å². The summed E-state index contributed by atoms with van der Waals surface area (Å²) >= 11 is 0.